The van der Waals surface area contributed by atoms with Crippen molar-refractivity contribution < 1.29 is 23.2 Å². The first-order valence-electron chi connectivity index (χ1n) is 10.3. The molecule has 1 saturated carbocycles. The first-order chi connectivity index (χ1) is 15.1. The minimum absolute atomic E-state index is 0.0218. The second kappa shape index (κ2) is 8.16. The standard InChI is InChI=1S/C21H22ClF2N5O3/c22-12-8-13(23)14(24)9-15(12)28-7-1-4-21(20(28)32)5-2-11(3-6-21)29-10-27-16(18(25)30)17(29)19(26)31/h8-11H,1-7H2,(H2,25,30)(H2,26,31). The maximum atomic E-state index is 13.8. The van der Waals surface area contributed by atoms with Crippen molar-refractivity contribution in [1.82, 2.24) is 9.55 Å². The van der Waals surface area contributed by atoms with Crippen LogP contribution in [0.3, 0.4) is 0 Å². The highest BCUT2D eigenvalue weighted by Crippen LogP contribution is 2.49. The summed E-state index contributed by atoms with van der Waals surface area (Å²) in [6.07, 6.45) is 4.83. The van der Waals surface area contributed by atoms with E-state index < -0.39 is 28.9 Å². The highest BCUT2D eigenvalue weighted by Gasteiger charge is 2.47. The van der Waals surface area contributed by atoms with E-state index in [9.17, 15) is 23.2 Å². The third-order valence-corrected chi connectivity index (χ3v) is 6.89. The Morgan fingerprint density at radius 3 is 2.38 bits per heavy atom. The Balaban J connectivity index is 1.57. The van der Waals surface area contributed by atoms with Gasteiger partial charge in [-0.1, -0.05) is 11.6 Å². The number of nitrogens with zero attached hydrogens (tertiary/aromatic N) is 3. The van der Waals surface area contributed by atoms with Crippen LogP contribution in [0.25, 0.3) is 0 Å². The van der Waals surface area contributed by atoms with Gasteiger partial charge in [0.25, 0.3) is 11.8 Å². The van der Waals surface area contributed by atoms with Crippen LogP contribution < -0.4 is 16.4 Å². The fraction of sp³-hybridized carbons (Fsp3) is 0.429. The number of piperidine rings is 1. The number of nitrogens with two attached hydrogens (primary N) is 2. The van der Waals surface area contributed by atoms with Gasteiger partial charge < -0.3 is 20.9 Å². The zero-order valence-electron chi connectivity index (χ0n) is 17.1. The van der Waals surface area contributed by atoms with E-state index in [0.29, 0.717) is 45.1 Å². The van der Waals surface area contributed by atoms with Crippen molar-refractivity contribution in [1.29, 1.82) is 0 Å². The summed E-state index contributed by atoms with van der Waals surface area (Å²) in [7, 11) is 0. The summed E-state index contributed by atoms with van der Waals surface area (Å²) in [5, 5.41) is -0.0218. The van der Waals surface area contributed by atoms with Crippen LogP contribution >= 0.6 is 11.6 Å². The van der Waals surface area contributed by atoms with Crippen LogP contribution in [0, 0.1) is 17.0 Å². The van der Waals surface area contributed by atoms with Crippen LogP contribution in [0.2, 0.25) is 5.02 Å². The molecule has 4 N–H and O–H groups in total. The van der Waals surface area contributed by atoms with Crippen molar-refractivity contribution in [3.8, 4) is 0 Å². The maximum Gasteiger partial charge on any atom is 0.269 e. The van der Waals surface area contributed by atoms with Gasteiger partial charge in [0.05, 0.1) is 17.0 Å². The van der Waals surface area contributed by atoms with Gasteiger partial charge in [0.15, 0.2) is 17.3 Å². The fourth-order valence-electron chi connectivity index (χ4n) is 4.98. The van der Waals surface area contributed by atoms with Crippen molar-refractivity contribution in [2.75, 3.05) is 11.4 Å². The Morgan fingerprint density at radius 1 is 1.09 bits per heavy atom. The molecule has 2 aromatic rings. The molecular formula is C21H22ClF2N5O3. The first-order valence-corrected chi connectivity index (χ1v) is 10.7. The number of imidazole rings is 1. The molecule has 0 unspecified atom stereocenters. The summed E-state index contributed by atoms with van der Waals surface area (Å²) in [5.74, 6) is -3.95. The highest BCUT2D eigenvalue weighted by molar-refractivity contribution is 6.33. The van der Waals surface area contributed by atoms with Crippen LogP contribution in [0.4, 0.5) is 14.5 Å². The second-order valence-corrected chi connectivity index (χ2v) is 8.77. The molecule has 32 heavy (non-hydrogen) atoms. The number of hydrogen-bond donors (Lipinski definition) is 2. The van der Waals surface area contributed by atoms with Gasteiger partial charge >= 0.3 is 0 Å². The molecule has 3 amide bonds. The zero-order valence-corrected chi connectivity index (χ0v) is 17.9. The lowest BCUT2D eigenvalue weighted by atomic mass is 9.67. The summed E-state index contributed by atoms with van der Waals surface area (Å²) in [5.41, 5.74) is 10.0. The van der Waals surface area contributed by atoms with E-state index >= 15 is 0 Å². The normalized spacial score (nSPS) is 23.5. The Labute approximate surface area is 187 Å². The van der Waals surface area contributed by atoms with E-state index in [1.54, 1.807) is 4.57 Å². The molecule has 1 aliphatic carbocycles. The number of hydrogen-bond acceptors (Lipinski definition) is 4. The van der Waals surface area contributed by atoms with Crippen LogP contribution in [0.1, 0.15) is 65.5 Å². The minimum atomic E-state index is -1.07. The van der Waals surface area contributed by atoms with Crippen molar-refractivity contribution in [3.63, 3.8) is 0 Å². The summed E-state index contributed by atoms with van der Waals surface area (Å²) in [6, 6.07) is 1.65. The predicted molar refractivity (Wildman–Crippen MR) is 112 cm³/mol. The highest BCUT2D eigenvalue weighted by atomic mass is 35.5. The Morgan fingerprint density at radius 2 is 1.75 bits per heavy atom. The third kappa shape index (κ3) is 3.62. The molecule has 0 bridgehead atoms. The lowest BCUT2D eigenvalue weighted by Gasteiger charge is -2.46. The molecule has 0 atom stereocenters. The summed E-state index contributed by atoms with van der Waals surface area (Å²) in [4.78, 5) is 42.3. The SMILES string of the molecule is NC(=O)c1ncn(C2CCC3(CCCN(c4cc(F)c(F)cc4Cl)C3=O)CC2)c1C(N)=O. The Bertz CT molecular complexity index is 1110. The Hall–Kier alpha value is -3.01. The topological polar surface area (TPSA) is 124 Å². The molecule has 1 spiro atoms. The van der Waals surface area contributed by atoms with E-state index in [-0.39, 0.29) is 34.0 Å². The molecule has 2 aliphatic rings. The summed E-state index contributed by atoms with van der Waals surface area (Å²) < 4.78 is 28.9. The molecule has 4 rings (SSSR count). The quantitative estimate of drug-likeness (QED) is 0.673. The number of rotatable bonds is 4. The predicted octanol–water partition coefficient (Wildman–Crippen LogP) is 2.94. The lowest BCUT2D eigenvalue weighted by molar-refractivity contribution is -0.133. The van der Waals surface area contributed by atoms with Gasteiger partial charge in [-0.3, -0.25) is 14.4 Å². The largest absolute Gasteiger partial charge is 0.364 e. The number of aromatic nitrogens is 2. The maximum absolute atomic E-state index is 13.8. The van der Waals surface area contributed by atoms with Crippen LogP contribution in [0.15, 0.2) is 18.5 Å². The van der Waals surface area contributed by atoms with Crippen molar-refractivity contribution >= 4 is 35.0 Å². The molecule has 8 nitrogen and oxygen atoms in total. The average molecular weight is 466 g/mol. The van der Waals surface area contributed by atoms with Gasteiger partial charge in [0.2, 0.25) is 5.91 Å². The number of anilines is 1. The first kappa shape index (κ1) is 22.2. The van der Waals surface area contributed by atoms with E-state index in [1.807, 2.05) is 0 Å². The van der Waals surface area contributed by atoms with Gasteiger partial charge in [0, 0.05) is 24.1 Å². The van der Waals surface area contributed by atoms with E-state index in [4.69, 9.17) is 23.1 Å². The zero-order chi connectivity index (χ0) is 23.2. The average Bonchev–Trinajstić information content (AvgIpc) is 3.19. The van der Waals surface area contributed by atoms with Crippen molar-refractivity contribution in [2.45, 2.75) is 44.6 Å². The lowest BCUT2D eigenvalue weighted by Crippen LogP contribution is -2.50. The Kier molecular flexibility index (Phi) is 5.66. The number of primary amides is 2. The van der Waals surface area contributed by atoms with E-state index in [2.05, 4.69) is 4.98 Å². The van der Waals surface area contributed by atoms with Crippen molar-refractivity contribution in [3.05, 3.63) is 46.5 Å². The van der Waals surface area contributed by atoms with E-state index in [1.165, 1.54) is 11.2 Å². The molecule has 2 heterocycles. The van der Waals surface area contributed by atoms with Crippen molar-refractivity contribution in [2.24, 2.45) is 16.9 Å². The summed E-state index contributed by atoms with van der Waals surface area (Å²) >= 11 is 6.11. The summed E-state index contributed by atoms with van der Waals surface area (Å²) in [6.45, 7) is 0.365. The molecule has 1 aromatic carbocycles. The van der Waals surface area contributed by atoms with Crippen LogP contribution in [-0.2, 0) is 4.79 Å². The second-order valence-electron chi connectivity index (χ2n) is 8.37. The van der Waals surface area contributed by atoms with Gasteiger partial charge in [-0.25, -0.2) is 13.8 Å². The van der Waals surface area contributed by atoms with Gasteiger partial charge in [-0.15, -0.1) is 0 Å². The monoisotopic (exact) mass is 465 g/mol. The third-order valence-electron chi connectivity index (χ3n) is 6.58. The minimum Gasteiger partial charge on any atom is -0.364 e. The molecule has 170 valence electrons. The molecule has 0 radical (unpaired) electrons. The van der Waals surface area contributed by atoms with Crippen LogP contribution in [0.5, 0.6) is 0 Å². The smallest absolute Gasteiger partial charge is 0.269 e. The molecule has 1 saturated heterocycles. The van der Waals surface area contributed by atoms with E-state index in [0.717, 1.165) is 12.1 Å². The molecular weight excluding hydrogens is 444 g/mol. The molecule has 1 aromatic heterocycles. The number of benzene rings is 1. The number of carbonyl (C=O) groups excluding carboxylic acids is 3. The fourth-order valence-corrected chi connectivity index (χ4v) is 5.23. The van der Waals surface area contributed by atoms with Gasteiger partial charge in [0.1, 0.15) is 5.69 Å². The number of halogens is 3. The molecule has 11 heteroatoms. The number of carbonyl (C=O) groups is 3. The molecule has 2 fully saturated rings. The van der Waals surface area contributed by atoms with Crippen LogP contribution in [-0.4, -0.2) is 33.8 Å². The van der Waals surface area contributed by atoms with Gasteiger partial charge in [-0.05, 0) is 44.6 Å². The van der Waals surface area contributed by atoms with Gasteiger partial charge in [-0.2, -0.15) is 0 Å². The number of amides is 3. The molecule has 1 aliphatic heterocycles.